The first-order valence-corrected chi connectivity index (χ1v) is 5.73. The number of halogens is 1. The van der Waals surface area contributed by atoms with Gasteiger partial charge < -0.3 is 16.3 Å². The van der Waals surface area contributed by atoms with Crippen molar-refractivity contribution in [3.63, 3.8) is 0 Å². The molecule has 0 radical (unpaired) electrons. The maximum atomic E-state index is 12.0. The van der Waals surface area contributed by atoms with E-state index in [1.165, 1.54) is 0 Å². The third-order valence-electron chi connectivity index (χ3n) is 2.29. The van der Waals surface area contributed by atoms with Gasteiger partial charge in [-0.25, -0.2) is 0 Å². The molecule has 0 spiro atoms. The molecule has 4 N–H and O–H groups in total. The molecule has 92 valence electrons. The summed E-state index contributed by atoms with van der Waals surface area (Å²) in [4.78, 5) is 12.0. The number of hydrogen-bond donors (Lipinski definition) is 3. The molecule has 0 saturated heterocycles. The Morgan fingerprint density at radius 1 is 1.47 bits per heavy atom. The number of oxime groups is 1. The summed E-state index contributed by atoms with van der Waals surface area (Å²) < 4.78 is 0.688. The number of hydrogen-bond acceptors (Lipinski definition) is 3. The molecule has 0 unspecified atom stereocenters. The second-order valence-corrected chi connectivity index (χ2v) is 4.90. The molecule has 5 nitrogen and oxygen atoms in total. The van der Waals surface area contributed by atoms with Crippen molar-refractivity contribution in [2.45, 2.75) is 19.4 Å². The Morgan fingerprint density at radius 2 is 2.06 bits per heavy atom. The summed E-state index contributed by atoms with van der Waals surface area (Å²) in [6.45, 7) is 3.30. The fourth-order valence-corrected chi connectivity index (χ4v) is 1.65. The van der Waals surface area contributed by atoms with Crippen LogP contribution in [0.15, 0.2) is 33.9 Å². The molecule has 0 saturated carbocycles. The Bertz CT molecular complexity index is 458. The van der Waals surface area contributed by atoms with E-state index in [0.717, 1.165) is 0 Å². The maximum Gasteiger partial charge on any atom is 0.253 e. The summed E-state index contributed by atoms with van der Waals surface area (Å²) in [5.41, 5.74) is 5.07. The number of carbonyl (C=O) groups is 1. The van der Waals surface area contributed by atoms with Crippen molar-refractivity contribution in [1.82, 2.24) is 5.32 Å². The van der Waals surface area contributed by atoms with Gasteiger partial charge in [-0.2, -0.15) is 0 Å². The predicted molar refractivity (Wildman–Crippen MR) is 69.1 cm³/mol. The molecule has 1 aromatic carbocycles. The van der Waals surface area contributed by atoms with Crippen LogP contribution in [0.3, 0.4) is 0 Å². The molecule has 0 atom stereocenters. The lowest BCUT2D eigenvalue weighted by molar-refractivity contribution is 0.0930. The van der Waals surface area contributed by atoms with Crippen LogP contribution in [0.4, 0.5) is 0 Å². The fourth-order valence-electron chi connectivity index (χ4n) is 1.19. The average molecular weight is 300 g/mol. The van der Waals surface area contributed by atoms with Crippen LogP contribution in [0.2, 0.25) is 0 Å². The molecule has 1 aromatic rings. The van der Waals surface area contributed by atoms with Gasteiger partial charge in [-0.3, -0.25) is 4.79 Å². The molecule has 0 aromatic heterocycles. The second-order valence-electron chi connectivity index (χ2n) is 4.04. The average Bonchev–Trinajstić information content (AvgIpc) is 2.27. The van der Waals surface area contributed by atoms with Gasteiger partial charge in [0.05, 0.1) is 11.1 Å². The molecule has 1 amide bonds. The Hall–Kier alpha value is -1.56. The summed E-state index contributed by atoms with van der Waals surface area (Å²) in [5.74, 6) is -0.355. The van der Waals surface area contributed by atoms with Crippen molar-refractivity contribution in [2.24, 2.45) is 10.9 Å². The van der Waals surface area contributed by atoms with Gasteiger partial charge in [0.2, 0.25) is 0 Å². The van der Waals surface area contributed by atoms with Crippen molar-refractivity contribution in [3.05, 3.63) is 34.3 Å². The number of nitrogens with two attached hydrogens (primary N) is 1. The lowest BCUT2D eigenvalue weighted by Gasteiger charge is -2.24. The first-order valence-electron chi connectivity index (χ1n) is 4.93. The summed E-state index contributed by atoms with van der Waals surface area (Å²) >= 11 is 3.29. The Kier molecular flexibility index (Phi) is 4.11. The number of carbonyl (C=O) groups excluding carboxylic acids is 1. The van der Waals surface area contributed by atoms with Crippen LogP contribution in [0.5, 0.6) is 0 Å². The van der Waals surface area contributed by atoms with E-state index in [9.17, 15) is 4.79 Å². The Morgan fingerprint density at radius 3 is 2.59 bits per heavy atom. The van der Waals surface area contributed by atoms with Gasteiger partial charge in [0.25, 0.3) is 5.91 Å². The van der Waals surface area contributed by atoms with Crippen LogP contribution in [0, 0.1) is 0 Å². The Balaban J connectivity index is 2.91. The minimum Gasteiger partial charge on any atom is -0.409 e. The third-order valence-corrected chi connectivity index (χ3v) is 2.98. The zero-order valence-electron chi connectivity index (χ0n) is 9.57. The molecular weight excluding hydrogens is 286 g/mol. The molecule has 0 aliphatic heterocycles. The molecule has 0 aliphatic rings. The lowest BCUT2D eigenvalue weighted by atomic mass is 10.0. The van der Waals surface area contributed by atoms with Crippen molar-refractivity contribution in [1.29, 1.82) is 0 Å². The fraction of sp³-hybridized carbons (Fsp3) is 0.273. The van der Waals surface area contributed by atoms with E-state index in [4.69, 9.17) is 10.9 Å². The van der Waals surface area contributed by atoms with Gasteiger partial charge in [0.15, 0.2) is 5.84 Å². The summed E-state index contributed by atoms with van der Waals surface area (Å²) in [7, 11) is 0. The normalized spacial score (nSPS) is 12.3. The monoisotopic (exact) mass is 299 g/mol. The molecular formula is C11H14BrN3O2. The van der Waals surface area contributed by atoms with Gasteiger partial charge in [0, 0.05) is 4.47 Å². The SMILES string of the molecule is CC(C)(NC(=O)c1ccccc1Br)/C(N)=N/O. The minimum absolute atomic E-state index is 0.0575. The number of amidine groups is 1. The highest BCUT2D eigenvalue weighted by atomic mass is 79.9. The van der Waals surface area contributed by atoms with E-state index in [-0.39, 0.29) is 11.7 Å². The van der Waals surface area contributed by atoms with E-state index in [2.05, 4.69) is 26.4 Å². The quantitative estimate of drug-likeness (QED) is 0.344. The summed E-state index contributed by atoms with van der Waals surface area (Å²) in [6, 6.07) is 7.03. The van der Waals surface area contributed by atoms with Crippen molar-refractivity contribution >= 4 is 27.7 Å². The smallest absolute Gasteiger partial charge is 0.253 e. The van der Waals surface area contributed by atoms with E-state index >= 15 is 0 Å². The molecule has 0 bridgehead atoms. The van der Waals surface area contributed by atoms with Gasteiger partial charge in [-0.1, -0.05) is 17.3 Å². The molecule has 17 heavy (non-hydrogen) atoms. The van der Waals surface area contributed by atoms with Crippen molar-refractivity contribution < 1.29 is 10.0 Å². The first-order chi connectivity index (χ1) is 7.88. The van der Waals surface area contributed by atoms with Crippen LogP contribution in [0.1, 0.15) is 24.2 Å². The van der Waals surface area contributed by atoms with Gasteiger partial charge in [-0.05, 0) is 41.9 Å². The second kappa shape index (κ2) is 5.18. The maximum absolute atomic E-state index is 12.0. The molecule has 0 fully saturated rings. The van der Waals surface area contributed by atoms with Crippen molar-refractivity contribution in [3.8, 4) is 0 Å². The molecule has 6 heteroatoms. The topological polar surface area (TPSA) is 87.7 Å². The van der Waals surface area contributed by atoms with E-state index in [1.54, 1.807) is 32.0 Å². The Labute approximate surface area is 108 Å². The van der Waals surface area contributed by atoms with Gasteiger partial charge in [0.1, 0.15) is 0 Å². The number of benzene rings is 1. The summed E-state index contributed by atoms with van der Waals surface area (Å²) in [5, 5.41) is 14.2. The number of nitrogens with one attached hydrogen (secondary N) is 1. The van der Waals surface area contributed by atoms with Crippen LogP contribution in [-0.4, -0.2) is 22.5 Å². The largest absolute Gasteiger partial charge is 0.409 e. The van der Waals surface area contributed by atoms with Crippen LogP contribution >= 0.6 is 15.9 Å². The highest BCUT2D eigenvalue weighted by Crippen LogP contribution is 2.16. The zero-order chi connectivity index (χ0) is 13.1. The van der Waals surface area contributed by atoms with E-state index in [0.29, 0.717) is 10.0 Å². The number of amides is 1. The minimum atomic E-state index is -0.916. The zero-order valence-corrected chi connectivity index (χ0v) is 11.2. The standard InChI is InChI=1S/C11H14BrN3O2/c1-11(2,10(13)15-17)14-9(16)7-5-3-4-6-8(7)12/h3-6,17H,1-2H3,(H2,13,15)(H,14,16). The van der Waals surface area contributed by atoms with Gasteiger partial charge in [-0.15, -0.1) is 0 Å². The lowest BCUT2D eigenvalue weighted by Crippen LogP contribution is -2.53. The van der Waals surface area contributed by atoms with Crippen molar-refractivity contribution in [2.75, 3.05) is 0 Å². The number of rotatable bonds is 3. The summed E-state index contributed by atoms with van der Waals surface area (Å²) in [6.07, 6.45) is 0. The molecule has 1 rings (SSSR count). The van der Waals surface area contributed by atoms with E-state index in [1.807, 2.05) is 6.07 Å². The van der Waals surface area contributed by atoms with Crippen LogP contribution in [0.25, 0.3) is 0 Å². The first kappa shape index (κ1) is 13.5. The highest BCUT2D eigenvalue weighted by Gasteiger charge is 2.26. The van der Waals surface area contributed by atoms with Crippen LogP contribution in [-0.2, 0) is 0 Å². The number of nitrogens with zero attached hydrogens (tertiary/aromatic N) is 1. The molecule has 0 heterocycles. The highest BCUT2D eigenvalue weighted by molar-refractivity contribution is 9.10. The third kappa shape index (κ3) is 3.20. The van der Waals surface area contributed by atoms with Crippen LogP contribution < -0.4 is 11.1 Å². The van der Waals surface area contributed by atoms with E-state index < -0.39 is 5.54 Å². The van der Waals surface area contributed by atoms with Gasteiger partial charge >= 0.3 is 0 Å². The molecule has 0 aliphatic carbocycles. The predicted octanol–water partition coefficient (Wildman–Crippen LogP) is 1.70.